The van der Waals surface area contributed by atoms with Crippen molar-refractivity contribution in [2.24, 2.45) is 0 Å². The van der Waals surface area contributed by atoms with Crippen molar-refractivity contribution in [2.45, 2.75) is 56.7 Å². The van der Waals surface area contributed by atoms with Crippen LogP contribution in [0.1, 0.15) is 38.2 Å². The topological polar surface area (TPSA) is 97.5 Å². The molecular formula is C33H44Cl2N6O4. The average molecular weight is 660 g/mol. The second kappa shape index (κ2) is 14.6. The number of carbonyl (C=O) groups excluding carboxylic acids is 3. The van der Waals surface area contributed by atoms with Gasteiger partial charge in [-0.2, -0.15) is 0 Å². The molecule has 4 heterocycles. The molecule has 4 amide bonds. The molecule has 0 radical (unpaired) electrons. The van der Waals surface area contributed by atoms with Gasteiger partial charge in [0.2, 0.25) is 0 Å². The predicted molar refractivity (Wildman–Crippen MR) is 177 cm³/mol. The number of amides is 4. The molecular weight excluding hydrogens is 615 g/mol. The van der Waals surface area contributed by atoms with Crippen LogP contribution in [0.5, 0.6) is 0 Å². The minimum atomic E-state index is -0.974. The lowest BCUT2D eigenvalue weighted by Gasteiger charge is -2.41. The fourth-order valence-electron chi connectivity index (χ4n) is 7.06. The number of nitrogens with one attached hydrogen (secondary N) is 2. The number of ether oxygens (including phenoxy) is 1. The first-order valence-electron chi connectivity index (χ1n) is 16.1. The summed E-state index contributed by atoms with van der Waals surface area (Å²) in [6.07, 6.45) is 2.61. The first kappa shape index (κ1) is 31.9. The number of halogens is 2. The molecule has 0 aliphatic carbocycles. The summed E-state index contributed by atoms with van der Waals surface area (Å²) in [6, 6.07) is 13.5. The third kappa shape index (κ3) is 7.68. The van der Waals surface area contributed by atoms with Gasteiger partial charge in [-0.25, -0.2) is 9.59 Å². The van der Waals surface area contributed by atoms with Crippen molar-refractivity contribution >= 4 is 46.9 Å². The van der Waals surface area contributed by atoms with Crippen LogP contribution in [-0.4, -0.2) is 115 Å². The Kier molecular flexibility index (Phi) is 10.3. The summed E-state index contributed by atoms with van der Waals surface area (Å²) in [7, 11) is 0. The number of hydrogen-bond acceptors (Lipinski definition) is 6. The molecule has 12 heteroatoms. The molecule has 45 heavy (non-hydrogen) atoms. The van der Waals surface area contributed by atoms with E-state index in [0.717, 1.165) is 62.3 Å². The Labute approximate surface area is 276 Å². The van der Waals surface area contributed by atoms with Crippen LogP contribution in [-0.2, 0) is 22.4 Å². The first-order chi connectivity index (χ1) is 21.9. The standard InChI is InChI=1S/C33H42Cl2N6O4.H2/c34-27-6-5-23(21-28(27)35)22-30(31(42)39-14-8-25(9-15-39)38-19-12-36-13-20-38)45-33(44)40-16-10-26(11-17-40)41-18-7-24-3-1-2-4-29(24)37-32(41)43;/h1-6,21,25-26,30,36H,7-20,22H2,(H,37,43);1H/t30-;/m1./s1. The molecule has 0 aromatic heterocycles. The highest BCUT2D eigenvalue weighted by atomic mass is 35.5. The van der Waals surface area contributed by atoms with Crippen LogP contribution in [0.15, 0.2) is 42.5 Å². The molecule has 10 nitrogen and oxygen atoms in total. The minimum absolute atomic E-state index is 0. The predicted octanol–water partition coefficient (Wildman–Crippen LogP) is 4.74. The zero-order chi connectivity index (χ0) is 31.3. The summed E-state index contributed by atoms with van der Waals surface area (Å²) in [5.74, 6) is -0.177. The Morgan fingerprint density at radius 1 is 0.867 bits per heavy atom. The number of benzene rings is 2. The molecule has 1 atom stereocenters. The van der Waals surface area contributed by atoms with E-state index < -0.39 is 12.2 Å². The van der Waals surface area contributed by atoms with Gasteiger partial charge in [-0.05, 0) is 61.4 Å². The van der Waals surface area contributed by atoms with Gasteiger partial charge >= 0.3 is 12.1 Å². The van der Waals surface area contributed by atoms with Crippen molar-refractivity contribution in [2.75, 3.05) is 64.2 Å². The van der Waals surface area contributed by atoms with Crippen LogP contribution >= 0.6 is 23.2 Å². The molecule has 2 N–H and O–H groups in total. The van der Waals surface area contributed by atoms with E-state index in [1.54, 1.807) is 17.0 Å². The van der Waals surface area contributed by atoms with Gasteiger partial charge in [0.05, 0.1) is 10.0 Å². The summed E-state index contributed by atoms with van der Waals surface area (Å²) in [5, 5.41) is 7.27. The fraction of sp³-hybridized carbons (Fsp3) is 0.545. The van der Waals surface area contributed by atoms with E-state index in [9.17, 15) is 14.4 Å². The molecule has 0 spiro atoms. The molecule has 244 valence electrons. The van der Waals surface area contributed by atoms with Gasteiger partial charge in [0.15, 0.2) is 6.10 Å². The molecule has 3 fully saturated rings. The van der Waals surface area contributed by atoms with Gasteiger partial charge in [-0.1, -0.05) is 47.5 Å². The summed E-state index contributed by atoms with van der Waals surface area (Å²) in [4.78, 5) is 48.3. The molecule has 4 aliphatic rings. The number of piperazine rings is 1. The van der Waals surface area contributed by atoms with E-state index in [1.807, 2.05) is 40.1 Å². The van der Waals surface area contributed by atoms with Crippen molar-refractivity contribution < 1.29 is 20.5 Å². The van der Waals surface area contributed by atoms with Crippen LogP contribution in [0.2, 0.25) is 10.0 Å². The number of piperidine rings is 2. The van der Waals surface area contributed by atoms with Gasteiger partial charge in [0.25, 0.3) is 5.91 Å². The van der Waals surface area contributed by atoms with Crippen LogP contribution < -0.4 is 10.6 Å². The summed E-state index contributed by atoms with van der Waals surface area (Å²) in [6.45, 7) is 6.85. The summed E-state index contributed by atoms with van der Waals surface area (Å²) < 4.78 is 5.99. The minimum Gasteiger partial charge on any atom is -0.436 e. The highest BCUT2D eigenvalue weighted by molar-refractivity contribution is 6.42. The van der Waals surface area contributed by atoms with Gasteiger partial charge in [-0.3, -0.25) is 9.69 Å². The third-order valence-corrected chi connectivity index (χ3v) is 10.4. The number of rotatable bonds is 6. The second-order valence-electron chi connectivity index (χ2n) is 12.4. The number of carbonyl (C=O) groups is 3. The maximum Gasteiger partial charge on any atom is 0.410 e. The molecule has 0 unspecified atom stereocenters. The Bertz CT molecular complexity index is 1380. The molecule has 2 aromatic rings. The van der Waals surface area contributed by atoms with Crippen molar-refractivity contribution in [1.82, 2.24) is 24.9 Å². The van der Waals surface area contributed by atoms with Crippen LogP contribution in [0.4, 0.5) is 15.3 Å². The Morgan fingerprint density at radius 3 is 2.29 bits per heavy atom. The maximum atomic E-state index is 13.9. The number of urea groups is 1. The summed E-state index contributed by atoms with van der Waals surface area (Å²) >= 11 is 12.4. The molecule has 4 aliphatic heterocycles. The monoisotopic (exact) mass is 658 g/mol. The third-order valence-electron chi connectivity index (χ3n) is 9.67. The highest BCUT2D eigenvalue weighted by Crippen LogP contribution is 2.27. The molecule has 3 saturated heterocycles. The van der Waals surface area contributed by atoms with Crippen molar-refractivity contribution in [3.63, 3.8) is 0 Å². The van der Waals surface area contributed by atoms with E-state index in [-0.39, 0.29) is 25.8 Å². The van der Waals surface area contributed by atoms with Gasteiger partial charge in [0, 0.05) is 84.5 Å². The van der Waals surface area contributed by atoms with E-state index in [0.29, 0.717) is 61.7 Å². The van der Waals surface area contributed by atoms with Crippen molar-refractivity contribution in [1.29, 1.82) is 0 Å². The summed E-state index contributed by atoms with van der Waals surface area (Å²) in [5.41, 5.74) is 2.76. The van der Waals surface area contributed by atoms with Crippen molar-refractivity contribution in [3.05, 3.63) is 63.6 Å². The zero-order valence-corrected chi connectivity index (χ0v) is 27.1. The van der Waals surface area contributed by atoms with E-state index in [1.165, 1.54) is 0 Å². The van der Waals surface area contributed by atoms with Crippen LogP contribution in [0, 0.1) is 0 Å². The lowest BCUT2D eigenvalue weighted by atomic mass is 10.0. The quantitative estimate of drug-likeness (QED) is 0.466. The zero-order valence-electron chi connectivity index (χ0n) is 25.6. The first-order valence-corrected chi connectivity index (χ1v) is 16.9. The van der Waals surface area contributed by atoms with Gasteiger partial charge < -0.3 is 30.1 Å². The van der Waals surface area contributed by atoms with E-state index in [2.05, 4.69) is 15.5 Å². The van der Waals surface area contributed by atoms with Crippen LogP contribution in [0.3, 0.4) is 0 Å². The van der Waals surface area contributed by atoms with E-state index >= 15 is 0 Å². The number of anilines is 1. The lowest BCUT2D eigenvalue weighted by molar-refractivity contribution is -0.142. The van der Waals surface area contributed by atoms with Gasteiger partial charge in [0.1, 0.15) is 0 Å². The Hall–Kier alpha value is -3.05. The number of para-hydroxylation sites is 1. The molecule has 0 bridgehead atoms. The molecule has 0 saturated carbocycles. The fourth-order valence-corrected chi connectivity index (χ4v) is 7.38. The highest BCUT2D eigenvalue weighted by Gasteiger charge is 2.36. The number of nitrogens with zero attached hydrogens (tertiary/aromatic N) is 4. The smallest absolute Gasteiger partial charge is 0.410 e. The number of hydrogen-bond donors (Lipinski definition) is 2. The average Bonchev–Trinajstić information content (AvgIpc) is 3.24. The van der Waals surface area contributed by atoms with E-state index in [4.69, 9.17) is 27.9 Å². The SMILES string of the molecule is O=C(O[C@H](Cc1ccc(Cl)c(Cl)c1)C(=O)N1CCC(N2CCNCC2)CC1)N1CCC(N2CCc3ccccc3NC2=O)CC1.[HH]. The van der Waals surface area contributed by atoms with Gasteiger partial charge in [-0.15, -0.1) is 0 Å². The largest absolute Gasteiger partial charge is 0.436 e. The molecule has 6 rings (SSSR count). The Balaban J connectivity index is 0.00000417. The van der Waals surface area contributed by atoms with Crippen LogP contribution in [0.25, 0.3) is 0 Å². The normalized spacial score (nSPS) is 21.1. The molecule has 2 aromatic carbocycles. The lowest BCUT2D eigenvalue weighted by Crippen LogP contribution is -2.54. The number of fused-ring (bicyclic) bond motifs is 1. The number of likely N-dealkylation sites (tertiary alicyclic amines) is 2. The Morgan fingerprint density at radius 2 is 1.56 bits per heavy atom. The maximum absolute atomic E-state index is 13.9. The second-order valence-corrected chi connectivity index (χ2v) is 13.2. The van der Waals surface area contributed by atoms with Crippen molar-refractivity contribution in [3.8, 4) is 0 Å².